The van der Waals surface area contributed by atoms with Crippen LogP contribution in [0.25, 0.3) is 22.2 Å². The molecule has 1 amide bonds. The summed E-state index contributed by atoms with van der Waals surface area (Å²) in [6.07, 6.45) is 0.772. The van der Waals surface area contributed by atoms with Gasteiger partial charge in [0.25, 0.3) is 0 Å². The van der Waals surface area contributed by atoms with Crippen molar-refractivity contribution in [3.05, 3.63) is 59.4 Å². The normalized spacial score (nSPS) is 19.5. The van der Waals surface area contributed by atoms with E-state index in [4.69, 9.17) is 0 Å². The highest BCUT2D eigenvalue weighted by molar-refractivity contribution is 5.91. The van der Waals surface area contributed by atoms with Crippen LogP contribution in [0.4, 0.5) is 4.39 Å². The second kappa shape index (κ2) is 7.13. The maximum absolute atomic E-state index is 14.2. The topological polar surface area (TPSA) is 69.0 Å². The third-order valence-electron chi connectivity index (χ3n) is 5.14. The number of hydrogen-bond donors (Lipinski definition) is 4. The molecule has 1 aromatic heterocycles. The van der Waals surface area contributed by atoms with Crippen LogP contribution < -0.4 is 16.2 Å². The van der Waals surface area contributed by atoms with Crippen LogP contribution in [0.1, 0.15) is 24.5 Å². The van der Waals surface area contributed by atoms with Gasteiger partial charge in [0.2, 0.25) is 5.91 Å². The molecule has 2 heterocycles. The summed E-state index contributed by atoms with van der Waals surface area (Å²) >= 11 is 0. The highest BCUT2D eigenvalue weighted by Crippen LogP contribution is 2.31. The summed E-state index contributed by atoms with van der Waals surface area (Å²) < 4.78 is 14.2. The molecule has 1 fully saturated rings. The zero-order valence-corrected chi connectivity index (χ0v) is 15.4. The smallest absolute Gasteiger partial charge is 0.238 e. The largest absolute Gasteiger partial charge is 0.354 e. The Hall–Kier alpha value is -2.70. The van der Waals surface area contributed by atoms with Gasteiger partial charge in [-0.2, -0.15) is 0 Å². The van der Waals surface area contributed by atoms with Crippen molar-refractivity contribution in [2.75, 3.05) is 0 Å². The number of hydrogen-bond acceptors (Lipinski definition) is 3. The Kier molecular flexibility index (Phi) is 4.68. The van der Waals surface area contributed by atoms with Crippen LogP contribution >= 0.6 is 0 Å². The molecule has 1 aliphatic rings. The van der Waals surface area contributed by atoms with Crippen molar-refractivity contribution in [3.63, 3.8) is 0 Å². The first kappa shape index (κ1) is 17.7. The summed E-state index contributed by atoms with van der Waals surface area (Å²) in [6.45, 7) is 4.48. The van der Waals surface area contributed by atoms with Crippen molar-refractivity contribution in [1.82, 2.24) is 21.2 Å². The van der Waals surface area contributed by atoms with Gasteiger partial charge >= 0.3 is 0 Å². The van der Waals surface area contributed by atoms with Gasteiger partial charge in [0.05, 0.1) is 5.69 Å². The molecule has 4 rings (SSSR count). The van der Waals surface area contributed by atoms with Gasteiger partial charge in [-0.25, -0.2) is 9.82 Å². The molecule has 0 spiro atoms. The molecule has 0 bridgehead atoms. The zero-order chi connectivity index (χ0) is 19.0. The van der Waals surface area contributed by atoms with Crippen LogP contribution in [0.5, 0.6) is 0 Å². The van der Waals surface area contributed by atoms with E-state index in [1.54, 1.807) is 12.1 Å². The third-order valence-corrected chi connectivity index (χ3v) is 5.14. The first-order chi connectivity index (χ1) is 13.0. The van der Waals surface area contributed by atoms with Crippen molar-refractivity contribution in [2.45, 2.75) is 38.9 Å². The van der Waals surface area contributed by atoms with E-state index >= 15 is 0 Å². The minimum Gasteiger partial charge on any atom is -0.354 e. The Bertz CT molecular complexity index is 997. The number of amides is 1. The fourth-order valence-corrected chi connectivity index (χ4v) is 3.62. The summed E-state index contributed by atoms with van der Waals surface area (Å²) in [6, 6.07) is 12.9. The number of H-pyrrole nitrogens is 1. The number of halogens is 1. The van der Waals surface area contributed by atoms with Gasteiger partial charge in [0.1, 0.15) is 11.9 Å². The molecule has 1 saturated heterocycles. The van der Waals surface area contributed by atoms with Gasteiger partial charge in [-0.05, 0) is 55.7 Å². The monoisotopic (exact) mass is 366 g/mol. The molecule has 140 valence electrons. The third kappa shape index (κ3) is 3.46. The quantitative estimate of drug-likeness (QED) is 0.573. The van der Waals surface area contributed by atoms with Gasteiger partial charge in [0.15, 0.2) is 0 Å². The summed E-state index contributed by atoms with van der Waals surface area (Å²) in [5, 5.41) is 4.02. The molecule has 2 aromatic carbocycles. The minimum absolute atomic E-state index is 0.00946. The molecule has 0 aliphatic carbocycles. The van der Waals surface area contributed by atoms with E-state index in [1.807, 2.05) is 32.0 Å². The number of aromatic nitrogens is 1. The first-order valence-electron chi connectivity index (χ1n) is 9.18. The van der Waals surface area contributed by atoms with Crippen LogP contribution in [0, 0.1) is 12.7 Å². The van der Waals surface area contributed by atoms with E-state index in [2.05, 4.69) is 27.2 Å². The number of fused-ring (bicyclic) bond motifs is 1. The van der Waals surface area contributed by atoms with Gasteiger partial charge in [-0.3, -0.25) is 10.2 Å². The van der Waals surface area contributed by atoms with E-state index in [1.165, 1.54) is 6.07 Å². The van der Waals surface area contributed by atoms with E-state index in [0.29, 0.717) is 12.1 Å². The number of rotatable bonds is 4. The van der Waals surface area contributed by atoms with Gasteiger partial charge < -0.3 is 10.3 Å². The molecule has 27 heavy (non-hydrogen) atoms. The van der Waals surface area contributed by atoms with Crippen LogP contribution in [-0.2, 0) is 11.3 Å². The second-order valence-electron chi connectivity index (χ2n) is 7.18. The fourth-order valence-electron chi connectivity index (χ4n) is 3.62. The lowest BCUT2D eigenvalue weighted by Crippen LogP contribution is -2.43. The lowest BCUT2D eigenvalue weighted by atomic mass is 10.0. The molecule has 0 radical (unpaired) electrons. The van der Waals surface area contributed by atoms with Crippen molar-refractivity contribution < 1.29 is 9.18 Å². The number of carbonyl (C=O) groups is 1. The van der Waals surface area contributed by atoms with Crippen LogP contribution in [0.15, 0.2) is 42.5 Å². The van der Waals surface area contributed by atoms with Crippen molar-refractivity contribution in [3.8, 4) is 11.3 Å². The summed E-state index contributed by atoms with van der Waals surface area (Å²) in [7, 11) is 0. The average Bonchev–Trinajstić information content (AvgIpc) is 3.24. The maximum Gasteiger partial charge on any atom is 0.238 e. The number of nitrogens with one attached hydrogen (secondary N) is 4. The molecule has 2 unspecified atom stereocenters. The van der Waals surface area contributed by atoms with Crippen molar-refractivity contribution in [2.24, 2.45) is 0 Å². The van der Waals surface area contributed by atoms with E-state index in [9.17, 15) is 9.18 Å². The van der Waals surface area contributed by atoms with E-state index < -0.39 is 0 Å². The Morgan fingerprint density at radius 2 is 2.04 bits per heavy atom. The summed E-state index contributed by atoms with van der Waals surface area (Å²) in [5.74, 6) is -0.253. The molecule has 5 nitrogen and oxygen atoms in total. The van der Waals surface area contributed by atoms with Gasteiger partial charge in [-0.15, -0.1) is 0 Å². The summed E-state index contributed by atoms with van der Waals surface area (Å²) in [5.41, 5.74) is 10.4. The number of aromatic amines is 1. The standard InChI is InChI=1S/C21H23FN4O/c1-12-9-19(26-25-12)21(27)23-11-14-7-8-18-16(10-14)13(2)20(24-18)15-5-3-4-6-17(15)22/h3-8,10,12,19,24-26H,9,11H2,1-2H3,(H,23,27). The lowest BCUT2D eigenvalue weighted by molar-refractivity contribution is -0.123. The van der Waals surface area contributed by atoms with Gasteiger partial charge in [0, 0.05) is 29.1 Å². The highest BCUT2D eigenvalue weighted by Gasteiger charge is 2.26. The molecule has 4 N–H and O–H groups in total. The average molecular weight is 366 g/mol. The minimum atomic E-state index is -0.244. The Morgan fingerprint density at radius 1 is 1.22 bits per heavy atom. The molecule has 6 heteroatoms. The molecule has 1 aliphatic heterocycles. The first-order valence-corrected chi connectivity index (χ1v) is 9.18. The lowest BCUT2D eigenvalue weighted by Gasteiger charge is -2.10. The van der Waals surface area contributed by atoms with Gasteiger partial charge in [-0.1, -0.05) is 18.2 Å². The molecule has 0 saturated carbocycles. The van der Waals surface area contributed by atoms with Crippen molar-refractivity contribution >= 4 is 16.8 Å². The zero-order valence-electron chi connectivity index (χ0n) is 15.4. The van der Waals surface area contributed by atoms with Crippen molar-refractivity contribution in [1.29, 1.82) is 0 Å². The number of hydrazine groups is 1. The highest BCUT2D eigenvalue weighted by atomic mass is 19.1. The number of aryl methyl sites for hydroxylation is 1. The molecule has 2 atom stereocenters. The number of benzene rings is 2. The summed E-state index contributed by atoms with van der Waals surface area (Å²) in [4.78, 5) is 15.6. The fraction of sp³-hybridized carbons (Fsp3) is 0.286. The SMILES string of the molecule is Cc1c(-c2ccccc2F)[nH]c2ccc(CNC(=O)C3CC(C)NN3)cc12. The second-order valence-corrected chi connectivity index (χ2v) is 7.18. The van der Waals surface area contributed by atoms with E-state index in [0.717, 1.165) is 34.1 Å². The maximum atomic E-state index is 14.2. The molecular formula is C21H23FN4O. The van der Waals surface area contributed by atoms with E-state index in [-0.39, 0.29) is 23.8 Å². The molecular weight excluding hydrogens is 343 g/mol. The molecule has 3 aromatic rings. The van der Waals surface area contributed by atoms with Crippen LogP contribution in [-0.4, -0.2) is 23.0 Å². The van der Waals surface area contributed by atoms with Crippen LogP contribution in [0.3, 0.4) is 0 Å². The predicted octanol–water partition coefficient (Wildman–Crippen LogP) is 3.15. The predicted molar refractivity (Wildman–Crippen MR) is 104 cm³/mol. The number of carbonyl (C=O) groups excluding carboxylic acids is 1. The Morgan fingerprint density at radius 3 is 2.78 bits per heavy atom. The van der Waals surface area contributed by atoms with Crippen LogP contribution in [0.2, 0.25) is 0 Å². The Labute approximate surface area is 157 Å². The Balaban J connectivity index is 1.55.